The van der Waals surface area contributed by atoms with Crippen LogP contribution < -0.4 is 10.1 Å². The van der Waals surface area contributed by atoms with Crippen LogP contribution in [0.25, 0.3) is 0 Å². The standard InChI is InChI=1S/C25H28N4O4S2/c1-5-11-29-20(13-33-17-10-9-15(2)16(3)12-17)27-28-25(29)34-14-21(30)26-23-22(24(31)32-4)18-7-6-8-19(18)35-23/h5,9-10,12H,1,6-8,11,13-14H2,2-4H3,(H,26,30). The molecule has 0 atom stereocenters. The third-order valence-corrected chi connectivity index (χ3v) is 8.02. The largest absolute Gasteiger partial charge is 0.486 e. The van der Waals surface area contributed by atoms with Crippen LogP contribution in [0.4, 0.5) is 5.00 Å². The molecule has 1 N–H and O–H groups in total. The summed E-state index contributed by atoms with van der Waals surface area (Å²) in [4.78, 5) is 26.2. The minimum absolute atomic E-state index is 0.121. The molecule has 1 aliphatic carbocycles. The number of ether oxygens (including phenoxy) is 2. The molecular formula is C25H28N4O4S2. The molecule has 184 valence electrons. The quantitative estimate of drug-likeness (QED) is 0.238. The van der Waals surface area contributed by atoms with Crippen LogP contribution in [-0.2, 0) is 35.5 Å². The van der Waals surface area contributed by atoms with Crippen molar-refractivity contribution in [3.8, 4) is 5.75 Å². The van der Waals surface area contributed by atoms with Gasteiger partial charge in [0.05, 0.1) is 18.4 Å². The molecule has 0 saturated carbocycles. The Labute approximate surface area is 212 Å². The van der Waals surface area contributed by atoms with Crippen molar-refractivity contribution in [3.05, 3.63) is 63.8 Å². The van der Waals surface area contributed by atoms with E-state index >= 15 is 0 Å². The van der Waals surface area contributed by atoms with E-state index in [1.165, 1.54) is 35.8 Å². The third kappa shape index (κ3) is 5.59. The highest BCUT2D eigenvalue weighted by Gasteiger charge is 2.28. The molecule has 0 radical (unpaired) electrons. The highest BCUT2D eigenvalue weighted by Crippen LogP contribution is 2.39. The number of carbonyl (C=O) groups is 2. The number of hydrogen-bond donors (Lipinski definition) is 1. The van der Waals surface area contributed by atoms with Gasteiger partial charge in [0.25, 0.3) is 0 Å². The molecule has 1 amide bonds. The minimum Gasteiger partial charge on any atom is -0.486 e. The summed E-state index contributed by atoms with van der Waals surface area (Å²) in [5.41, 5.74) is 3.85. The summed E-state index contributed by atoms with van der Waals surface area (Å²) in [5, 5.41) is 12.6. The van der Waals surface area contributed by atoms with Crippen molar-refractivity contribution in [2.24, 2.45) is 0 Å². The molecule has 0 fully saturated rings. The van der Waals surface area contributed by atoms with Gasteiger partial charge >= 0.3 is 5.97 Å². The number of esters is 1. The molecule has 4 rings (SSSR count). The summed E-state index contributed by atoms with van der Waals surface area (Å²) >= 11 is 2.73. The number of fused-ring (bicyclic) bond motifs is 1. The highest BCUT2D eigenvalue weighted by molar-refractivity contribution is 7.99. The first-order valence-corrected chi connectivity index (χ1v) is 13.1. The van der Waals surface area contributed by atoms with E-state index in [4.69, 9.17) is 9.47 Å². The fourth-order valence-corrected chi connectivity index (χ4v) is 5.96. The zero-order valence-corrected chi connectivity index (χ0v) is 21.7. The molecule has 35 heavy (non-hydrogen) atoms. The molecule has 0 spiro atoms. The Morgan fingerprint density at radius 2 is 2.09 bits per heavy atom. The Bertz CT molecular complexity index is 1260. The fraction of sp³-hybridized carbons (Fsp3) is 0.360. The lowest BCUT2D eigenvalue weighted by molar-refractivity contribution is -0.113. The smallest absolute Gasteiger partial charge is 0.341 e. The maximum absolute atomic E-state index is 12.7. The van der Waals surface area contributed by atoms with Crippen LogP contribution in [0.2, 0.25) is 0 Å². The lowest BCUT2D eigenvalue weighted by Crippen LogP contribution is -2.17. The molecule has 3 aromatic rings. The van der Waals surface area contributed by atoms with Gasteiger partial charge in [0.1, 0.15) is 17.4 Å². The minimum atomic E-state index is -0.411. The maximum atomic E-state index is 12.7. The summed E-state index contributed by atoms with van der Waals surface area (Å²) < 4.78 is 12.8. The van der Waals surface area contributed by atoms with Gasteiger partial charge in [0, 0.05) is 11.4 Å². The highest BCUT2D eigenvalue weighted by atomic mass is 32.2. The van der Waals surface area contributed by atoms with Crippen LogP contribution in [0.3, 0.4) is 0 Å². The molecule has 0 aliphatic heterocycles. The Morgan fingerprint density at radius 3 is 2.83 bits per heavy atom. The van der Waals surface area contributed by atoms with Crippen molar-refractivity contribution in [3.63, 3.8) is 0 Å². The van der Waals surface area contributed by atoms with E-state index in [0.29, 0.717) is 28.1 Å². The molecule has 0 bridgehead atoms. The number of thioether (sulfide) groups is 1. The third-order valence-electron chi connectivity index (χ3n) is 5.85. The first kappa shape index (κ1) is 25.0. The number of hydrogen-bond acceptors (Lipinski definition) is 8. The molecule has 0 unspecified atom stereocenters. The van der Waals surface area contributed by atoms with Crippen LogP contribution >= 0.6 is 23.1 Å². The monoisotopic (exact) mass is 512 g/mol. The number of anilines is 1. The SMILES string of the molecule is C=CCn1c(COc2ccc(C)c(C)c2)nnc1SCC(=O)Nc1sc2c(c1C(=O)OC)CCC2. The Morgan fingerprint density at radius 1 is 1.26 bits per heavy atom. The molecule has 2 heterocycles. The number of nitrogens with one attached hydrogen (secondary N) is 1. The van der Waals surface area contributed by atoms with E-state index in [0.717, 1.165) is 41.0 Å². The number of nitrogens with zero attached hydrogens (tertiary/aromatic N) is 3. The summed E-state index contributed by atoms with van der Waals surface area (Å²) in [6.07, 6.45) is 4.53. The first-order chi connectivity index (χ1) is 16.9. The summed E-state index contributed by atoms with van der Waals surface area (Å²) in [5.74, 6) is 0.900. The first-order valence-electron chi connectivity index (χ1n) is 11.3. The number of carbonyl (C=O) groups excluding carboxylic acids is 2. The normalized spacial score (nSPS) is 12.3. The molecule has 0 saturated heterocycles. The predicted octanol–water partition coefficient (Wildman–Crippen LogP) is 4.73. The van der Waals surface area contributed by atoms with Crippen LogP contribution in [0, 0.1) is 13.8 Å². The Balaban J connectivity index is 1.41. The molecule has 1 aliphatic rings. The number of thiophene rings is 1. The maximum Gasteiger partial charge on any atom is 0.341 e. The van der Waals surface area contributed by atoms with Crippen LogP contribution in [0.15, 0.2) is 36.0 Å². The lowest BCUT2D eigenvalue weighted by Gasteiger charge is -2.10. The van der Waals surface area contributed by atoms with Gasteiger partial charge in [-0.2, -0.15) is 0 Å². The van der Waals surface area contributed by atoms with E-state index in [2.05, 4.69) is 29.0 Å². The van der Waals surface area contributed by atoms with Gasteiger partial charge in [-0.3, -0.25) is 9.36 Å². The summed E-state index contributed by atoms with van der Waals surface area (Å²) in [7, 11) is 1.36. The summed E-state index contributed by atoms with van der Waals surface area (Å²) in [6.45, 7) is 8.66. The van der Waals surface area contributed by atoms with Crippen molar-refractivity contribution in [2.45, 2.75) is 51.4 Å². The topological polar surface area (TPSA) is 95.3 Å². The van der Waals surface area contributed by atoms with Gasteiger partial charge in [-0.05, 0) is 61.9 Å². The molecule has 10 heteroatoms. The number of allylic oxidation sites excluding steroid dienone is 1. The van der Waals surface area contributed by atoms with E-state index < -0.39 is 5.97 Å². The average molecular weight is 513 g/mol. The number of aryl methyl sites for hydroxylation is 3. The number of aromatic nitrogens is 3. The van der Waals surface area contributed by atoms with Crippen molar-refractivity contribution < 1.29 is 19.1 Å². The Kier molecular flexibility index (Phi) is 7.92. The van der Waals surface area contributed by atoms with Crippen LogP contribution in [0.1, 0.15) is 44.2 Å². The van der Waals surface area contributed by atoms with Crippen molar-refractivity contribution in [1.82, 2.24) is 14.8 Å². The van der Waals surface area contributed by atoms with Crippen LogP contribution in [-0.4, -0.2) is 39.5 Å². The van der Waals surface area contributed by atoms with E-state index in [1.807, 2.05) is 29.7 Å². The number of rotatable bonds is 10. The molecule has 1 aromatic carbocycles. The molecule has 8 nitrogen and oxygen atoms in total. The second-order valence-corrected chi connectivity index (χ2v) is 10.3. The van der Waals surface area contributed by atoms with E-state index in [9.17, 15) is 9.59 Å². The van der Waals surface area contributed by atoms with Crippen LogP contribution in [0.5, 0.6) is 5.75 Å². The second kappa shape index (κ2) is 11.1. The summed E-state index contributed by atoms with van der Waals surface area (Å²) in [6, 6.07) is 5.94. The van der Waals surface area contributed by atoms with Gasteiger partial charge in [-0.1, -0.05) is 23.9 Å². The van der Waals surface area contributed by atoms with Crippen molar-refractivity contribution in [1.29, 1.82) is 0 Å². The number of amides is 1. The number of methoxy groups -OCH3 is 1. The van der Waals surface area contributed by atoms with Crippen molar-refractivity contribution in [2.75, 3.05) is 18.2 Å². The number of benzene rings is 1. The zero-order chi connectivity index (χ0) is 24.9. The second-order valence-electron chi connectivity index (χ2n) is 8.22. The average Bonchev–Trinajstić information content (AvgIpc) is 3.53. The van der Waals surface area contributed by atoms with Gasteiger partial charge in [0.15, 0.2) is 11.0 Å². The van der Waals surface area contributed by atoms with E-state index in [-0.39, 0.29) is 18.3 Å². The van der Waals surface area contributed by atoms with Gasteiger partial charge in [-0.25, -0.2) is 4.79 Å². The van der Waals surface area contributed by atoms with Gasteiger partial charge in [-0.15, -0.1) is 28.1 Å². The Hall–Kier alpha value is -3.11. The zero-order valence-electron chi connectivity index (χ0n) is 20.1. The van der Waals surface area contributed by atoms with E-state index in [1.54, 1.807) is 6.08 Å². The fourth-order valence-electron chi connectivity index (χ4n) is 3.90. The lowest BCUT2D eigenvalue weighted by atomic mass is 10.1. The molecule has 2 aromatic heterocycles. The van der Waals surface area contributed by atoms with Gasteiger partial charge < -0.3 is 14.8 Å². The van der Waals surface area contributed by atoms with Crippen molar-refractivity contribution >= 4 is 40.0 Å². The molecular weight excluding hydrogens is 484 g/mol. The predicted molar refractivity (Wildman–Crippen MR) is 138 cm³/mol. The van der Waals surface area contributed by atoms with Gasteiger partial charge in [0.2, 0.25) is 5.91 Å².